The number of nitrogens with one attached hydrogen (secondary N) is 1. The molecule has 0 bridgehead atoms. The first-order chi connectivity index (χ1) is 4.74. The van der Waals surface area contributed by atoms with Gasteiger partial charge in [0.1, 0.15) is 5.82 Å². The summed E-state index contributed by atoms with van der Waals surface area (Å²) in [6.45, 7) is 1.59. The number of H-pyrrole nitrogens is 1. The van der Waals surface area contributed by atoms with Crippen molar-refractivity contribution in [3.8, 4) is 0 Å². The molecule has 0 amide bonds. The minimum Gasteiger partial charge on any atom is -0.296 e. The lowest BCUT2D eigenvalue weighted by Crippen LogP contribution is -2.16. The van der Waals surface area contributed by atoms with Gasteiger partial charge in [-0.15, -0.1) is 0 Å². The smallest absolute Gasteiger partial charge is 0.293 e. The van der Waals surface area contributed by atoms with Crippen molar-refractivity contribution < 1.29 is 4.79 Å². The third-order valence-electron chi connectivity index (χ3n) is 0.946. The maximum absolute atomic E-state index is 10.6. The molecular formula is C5H5N3O2. The molecule has 1 rings (SSSR count). The Morgan fingerprint density at radius 1 is 1.60 bits per heavy atom. The minimum absolute atomic E-state index is 0.132. The largest absolute Gasteiger partial charge is 0.296 e. The highest BCUT2D eigenvalue weighted by atomic mass is 16.1. The normalized spacial score (nSPS) is 9.30. The number of hydrogen-bond acceptors (Lipinski definition) is 4. The third-order valence-corrected chi connectivity index (χ3v) is 0.946. The van der Waals surface area contributed by atoms with E-state index >= 15 is 0 Å². The van der Waals surface area contributed by atoms with Gasteiger partial charge in [0.05, 0.1) is 0 Å². The number of rotatable bonds is 1. The summed E-state index contributed by atoms with van der Waals surface area (Å²) in [7, 11) is 0. The highest BCUT2D eigenvalue weighted by Gasteiger charge is 1.98. The molecule has 0 unspecified atom stereocenters. The summed E-state index contributed by atoms with van der Waals surface area (Å²) in [6, 6.07) is 0. The van der Waals surface area contributed by atoms with E-state index in [2.05, 4.69) is 15.2 Å². The summed E-state index contributed by atoms with van der Waals surface area (Å²) in [5, 5.41) is 5.60. The van der Waals surface area contributed by atoms with Crippen LogP contribution in [-0.4, -0.2) is 21.5 Å². The highest BCUT2D eigenvalue weighted by molar-refractivity contribution is 5.70. The van der Waals surface area contributed by atoms with Crippen molar-refractivity contribution in [3.63, 3.8) is 0 Å². The Kier molecular flexibility index (Phi) is 1.57. The van der Waals surface area contributed by atoms with Gasteiger partial charge in [0, 0.05) is 0 Å². The van der Waals surface area contributed by atoms with E-state index in [-0.39, 0.29) is 5.69 Å². The van der Waals surface area contributed by atoms with Gasteiger partial charge < -0.3 is 0 Å². The Bertz CT molecular complexity index is 304. The van der Waals surface area contributed by atoms with Gasteiger partial charge in [0.25, 0.3) is 5.56 Å². The maximum atomic E-state index is 10.6. The average molecular weight is 139 g/mol. The van der Waals surface area contributed by atoms with Crippen molar-refractivity contribution >= 4 is 6.29 Å². The molecule has 0 saturated carbocycles. The van der Waals surface area contributed by atoms with Gasteiger partial charge >= 0.3 is 0 Å². The van der Waals surface area contributed by atoms with E-state index < -0.39 is 5.56 Å². The first-order valence-electron chi connectivity index (χ1n) is 2.62. The van der Waals surface area contributed by atoms with Crippen molar-refractivity contribution in [1.29, 1.82) is 0 Å². The van der Waals surface area contributed by atoms with Crippen LogP contribution in [0.5, 0.6) is 0 Å². The van der Waals surface area contributed by atoms with Gasteiger partial charge in [-0.3, -0.25) is 9.59 Å². The number of aryl methyl sites for hydroxylation is 1. The van der Waals surface area contributed by atoms with Gasteiger partial charge in [-0.25, -0.2) is 10.1 Å². The number of nitrogens with zero attached hydrogens (tertiary/aromatic N) is 2. The van der Waals surface area contributed by atoms with Crippen LogP contribution in [0.3, 0.4) is 0 Å². The molecular weight excluding hydrogens is 134 g/mol. The number of carbonyl (C=O) groups excluding carboxylic acids is 1. The van der Waals surface area contributed by atoms with Crippen molar-refractivity contribution in [2.24, 2.45) is 0 Å². The van der Waals surface area contributed by atoms with Crippen molar-refractivity contribution in [2.75, 3.05) is 0 Å². The third kappa shape index (κ3) is 1.07. The molecule has 5 heteroatoms. The van der Waals surface area contributed by atoms with Gasteiger partial charge in [0.15, 0.2) is 12.0 Å². The molecule has 1 aromatic rings. The molecule has 0 aliphatic carbocycles. The molecule has 10 heavy (non-hydrogen) atoms. The van der Waals surface area contributed by atoms with Crippen LogP contribution in [0.4, 0.5) is 0 Å². The minimum atomic E-state index is -0.555. The van der Waals surface area contributed by atoms with E-state index in [1.54, 1.807) is 6.92 Å². The molecule has 1 N–H and O–H groups in total. The first-order valence-corrected chi connectivity index (χ1v) is 2.62. The zero-order chi connectivity index (χ0) is 7.56. The number of aldehydes is 1. The molecule has 0 fully saturated rings. The molecule has 5 nitrogen and oxygen atoms in total. The van der Waals surface area contributed by atoms with Gasteiger partial charge in [-0.05, 0) is 6.92 Å². The fourth-order valence-electron chi connectivity index (χ4n) is 0.519. The molecule has 0 saturated heterocycles. The number of aromatic nitrogens is 3. The standard InChI is InChI=1S/C5H5N3O2/c1-3-6-4(2-9)5(10)8-7-3/h2H,1H3,(H,8,10). The Balaban J connectivity index is 3.35. The van der Waals surface area contributed by atoms with Crippen LogP contribution in [0.1, 0.15) is 16.3 Å². The molecule has 0 radical (unpaired) electrons. The first kappa shape index (κ1) is 6.60. The summed E-state index contributed by atoms with van der Waals surface area (Å²) < 4.78 is 0. The van der Waals surface area contributed by atoms with Crippen LogP contribution in [-0.2, 0) is 0 Å². The fourth-order valence-corrected chi connectivity index (χ4v) is 0.519. The molecule has 0 spiro atoms. The molecule has 1 aromatic heterocycles. The van der Waals surface area contributed by atoms with Gasteiger partial charge in [-0.2, -0.15) is 5.10 Å². The summed E-state index contributed by atoms with van der Waals surface area (Å²) in [5.41, 5.74) is -0.687. The highest BCUT2D eigenvalue weighted by Crippen LogP contribution is 1.78. The molecule has 0 atom stereocenters. The van der Waals surface area contributed by atoms with Crippen molar-refractivity contribution in [2.45, 2.75) is 6.92 Å². The Morgan fingerprint density at radius 2 is 2.30 bits per heavy atom. The Hall–Kier alpha value is -1.52. The van der Waals surface area contributed by atoms with Crippen LogP contribution in [0.25, 0.3) is 0 Å². The fraction of sp³-hybridized carbons (Fsp3) is 0.200. The SMILES string of the molecule is Cc1n[nH]c(=O)c(C=O)n1. The average Bonchev–Trinajstić information content (AvgIpc) is 1.94. The summed E-state index contributed by atoms with van der Waals surface area (Å²) in [4.78, 5) is 24.2. The van der Waals surface area contributed by atoms with Crippen LogP contribution in [0.15, 0.2) is 4.79 Å². The van der Waals surface area contributed by atoms with Gasteiger partial charge in [0.2, 0.25) is 0 Å². The van der Waals surface area contributed by atoms with Crippen LogP contribution in [0.2, 0.25) is 0 Å². The lowest BCUT2D eigenvalue weighted by atomic mass is 10.5. The van der Waals surface area contributed by atoms with Crippen molar-refractivity contribution in [3.05, 3.63) is 21.9 Å². The second-order valence-electron chi connectivity index (χ2n) is 1.71. The molecule has 0 aliphatic heterocycles. The topological polar surface area (TPSA) is 75.7 Å². The van der Waals surface area contributed by atoms with Crippen LogP contribution >= 0.6 is 0 Å². The second kappa shape index (κ2) is 2.38. The molecule has 0 aliphatic rings. The Labute approximate surface area is 56.1 Å². The second-order valence-corrected chi connectivity index (χ2v) is 1.71. The number of carbonyl (C=O) groups is 1. The predicted octanol–water partition coefficient (Wildman–Crippen LogP) is -0.714. The van der Waals surface area contributed by atoms with Crippen molar-refractivity contribution in [1.82, 2.24) is 15.2 Å². The predicted molar refractivity (Wildman–Crippen MR) is 32.8 cm³/mol. The van der Waals surface area contributed by atoms with E-state index in [9.17, 15) is 9.59 Å². The number of hydrogen-bond donors (Lipinski definition) is 1. The molecule has 52 valence electrons. The quantitative estimate of drug-likeness (QED) is 0.521. The zero-order valence-electron chi connectivity index (χ0n) is 5.29. The van der Waals surface area contributed by atoms with E-state index in [4.69, 9.17) is 0 Å². The molecule has 0 aromatic carbocycles. The van der Waals surface area contributed by atoms with Gasteiger partial charge in [-0.1, -0.05) is 0 Å². The van der Waals surface area contributed by atoms with E-state index in [1.807, 2.05) is 0 Å². The lowest BCUT2D eigenvalue weighted by Gasteiger charge is -1.88. The number of aromatic amines is 1. The monoisotopic (exact) mass is 139 g/mol. The summed E-state index contributed by atoms with van der Waals surface area (Å²) >= 11 is 0. The van der Waals surface area contributed by atoms with Crippen LogP contribution < -0.4 is 5.56 Å². The van der Waals surface area contributed by atoms with E-state index in [0.717, 1.165) is 0 Å². The van der Waals surface area contributed by atoms with E-state index in [1.165, 1.54) is 0 Å². The molecule has 1 heterocycles. The maximum Gasteiger partial charge on any atom is 0.293 e. The van der Waals surface area contributed by atoms with Crippen LogP contribution in [0, 0.1) is 6.92 Å². The summed E-state index contributed by atoms with van der Waals surface area (Å²) in [6.07, 6.45) is 0.396. The van der Waals surface area contributed by atoms with E-state index in [0.29, 0.717) is 12.1 Å². The lowest BCUT2D eigenvalue weighted by molar-refractivity contribution is 0.111. The zero-order valence-corrected chi connectivity index (χ0v) is 5.29. The summed E-state index contributed by atoms with van der Waals surface area (Å²) in [5.74, 6) is 0.377. The Morgan fingerprint density at radius 3 is 2.80 bits per heavy atom.